The Balaban J connectivity index is 1.92. The van der Waals surface area contributed by atoms with Crippen molar-refractivity contribution >= 4 is 11.8 Å². The molecular formula is C19H21NO4. The molecule has 1 atom stereocenters. The van der Waals surface area contributed by atoms with Crippen molar-refractivity contribution in [3.05, 3.63) is 53.3 Å². The second-order valence-electron chi connectivity index (χ2n) is 5.97. The van der Waals surface area contributed by atoms with Gasteiger partial charge in [-0.05, 0) is 56.2 Å². The van der Waals surface area contributed by atoms with Crippen LogP contribution in [0.4, 0.5) is 0 Å². The van der Waals surface area contributed by atoms with Gasteiger partial charge in [0.1, 0.15) is 5.75 Å². The molecule has 0 fully saturated rings. The smallest absolute Gasteiger partial charge is 0.312 e. The van der Waals surface area contributed by atoms with Gasteiger partial charge in [-0.1, -0.05) is 6.42 Å². The number of carboxylic acids is 1. The molecule has 5 heteroatoms. The Hall–Kier alpha value is -2.56. The highest BCUT2D eigenvalue weighted by Gasteiger charge is 2.28. The van der Waals surface area contributed by atoms with Crippen molar-refractivity contribution in [2.24, 2.45) is 0 Å². The topological polar surface area (TPSA) is 68.5 Å². The lowest BCUT2D eigenvalue weighted by molar-refractivity contribution is -0.139. The highest BCUT2D eigenvalue weighted by Crippen LogP contribution is 2.30. The van der Waals surface area contributed by atoms with Crippen LogP contribution >= 0.6 is 0 Å². The van der Waals surface area contributed by atoms with Crippen LogP contribution in [0, 0.1) is 0 Å². The Morgan fingerprint density at radius 2 is 1.92 bits per heavy atom. The monoisotopic (exact) mass is 327 g/mol. The molecule has 0 saturated carbocycles. The van der Waals surface area contributed by atoms with Crippen molar-refractivity contribution in [2.45, 2.75) is 38.6 Å². The minimum Gasteiger partial charge on any atom is -0.494 e. The van der Waals surface area contributed by atoms with Gasteiger partial charge in [-0.2, -0.15) is 0 Å². The number of ketones is 1. The van der Waals surface area contributed by atoms with Crippen LogP contribution in [0.15, 0.2) is 36.4 Å². The maximum Gasteiger partial charge on any atom is 0.312 e. The van der Waals surface area contributed by atoms with E-state index in [9.17, 15) is 14.7 Å². The van der Waals surface area contributed by atoms with Crippen LogP contribution in [-0.4, -0.2) is 28.0 Å². The summed E-state index contributed by atoms with van der Waals surface area (Å²) >= 11 is 0. The molecule has 2 heterocycles. The number of hydrogen-bond donors (Lipinski definition) is 1. The van der Waals surface area contributed by atoms with Crippen LogP contribution in [0.5, 0.6) is 5.75 Å². The van der Waals surface area contributed by atoms with E-state index in [1.165, 1.54) is 0 Å². The van der Waals surface area contributed by atoms with Gasteiger partial charge >= 0.3 is 5.97 Å². The molecule has 126 valence electrons. The number of ether oxygens (including phenoxy) is 1. The number of carbonyl (C=O) groups is 2. The van der Waals surface area contributed by atoms with E-state index in [0.717, 1.165) is 24.3 Å². The predicted molar refractivity (Wildman–Crippen MR) is 89.7 cm³/mol. The number of carbonyl (C=O) groups excluding carboxylic acids is 1. The Labute approximate surface area is 140 Å². The average molecular weight is 327 g/mol. The van der Waals surface area contributed by atoms with Crippen molar-refractivity contribution in [3.8, 4) is 5.75 Å². The molecule has 0 amide bonds. The second kappa shape index (κ2) is 6.91. The van der Waals surface area contributed by atoms with Gasteiger partial charge in [-0.25, -0.2) is 0 Å². The molecule has 1 N–H and O–H groups in total. The largest absolute Gasteiger partial charge is 0.494 e. The minimum absolute atomic E-state index is 0.0877. The molecule has 2 aromatic rings. The standard InChI is InChI=1S/C19H21NO4/c1-2-24-14-8-6-13(7-9-14)18(21)17-11-10-16-15(19(22)23)5-3-4-12-20(16)17/h6-11,15H,2-5,12H2,1H3,(H,22,23). The van der Waals surface area contributed by atoms with Crippen molar-refractivity contribution in [3.63, 3.8) is 0 Å². The van der Waals surface area contributed by atoms with Crippen LogP contribution in [0.3, 0.4) is 0 Å². The van der Waals surface area contributed by atoms with Crippen LogP contribution in [0.1, 0.15) is 53.8 Å². The Kier molecular flexibility index (Phi) is 4.69. The van der Waals surface area contributed by atoms with Crippen LogP contribution in [-0.2, 0) is 11.3 Å². The summed E-state index contributed by atoms with van der Waals surface area (Å²) in [6, 6.07) is 10.6. The SMILES string of the molecule is CCOc1ccc(C(=O)c2ccc3n2CCCCC3C(=O)O)cc1. The molecular weight excluding hydrogens is 306 g/mol. The van der Waals surface area contributed by atoms with E-state index in [1.807, 2.05) is 11.5 Å². The van der Waals surface area contributed by atoms with Crippen LogP contribution < -0.4 is 4.74 Å². The van der Waals surface area contributed by atoms with Gasteiger partial charge in [0.05, 0.1) is 18.2 Å². The highest BCUT2D eigenvalue weighted by molar-refractivity contribution is 6.08. The van der Waals surface area contributed by atoms with Gasteiger partial charge in [-0.15, -0.1) is 0 Å². The third kappa shape index (κ3) is 3.07. The fraction of sp³-hybridized carbons (Fsp3) is 0.368. The van der Waals surface area contributed by atoms with Gasteiger partial charge in [-0.3, -0.25) is 9.59 Å². The van der Waals surface area contributed by atoms with Crippen LogP contribution in [0.25, 0.3) is 0 Å². The summed E-state index contributed by atoms with van der Waals surface area (Å²) in [7, 11) is 0. The van der Waals surface area contributed by atoms with Crippen molar-refractivity contribution in [1.29, 1.82) is 0 Å². The van der Waals surface area contributed by atoms with E-state index < -0.39 is 11.9 Å². The summed E-state index contributed by atoms with van der Waals surface area (Å²) in [5, 5.41) is 9.44. The number of hydrogen-bond acceptors (Lipinski definition) is 3. The third-order valence-corrected chi connectivity index (χ3v) is 4.45. The lowest BCUT2D eigenvalue weighted by Crippen LogP contribution is -2.16. The summed E-state index contributed by atoms with van der Waals surface area (Å²) < 4.78 is 7.28. The predicted octanol–water partition coefficient (Wildman–Crippen LogP) is 3.47. The lowest BCUT2D eigenvalue weighted by atomic mass is 10.0. The maximum absolute atomic E-state index is 12.8. The molecule has 3 rings (SSSR count). The van der Waals surface area contributed by atoms with Crippen molar-refractivity contribution < 1.29 is 19.4 Å². The number of nitrogens with zero attached hydrogens (tertiary/aromatic N) is 1. The zero-order chi connectivity index (χ0) is 17.1. The van der Waals surface area contributed by atoms with E-state index in [1.54, 1.807) is 36.4 Å². The zero-order valence-electron chi connectivity index (χ0n) is 13.7. The minimum atomic E-state index is -0.823. The normalized spacial score (nSPS) is 17.0. The van der Waals surface area contributed by atoms with Crippen molar-refractivity contribution in [1.82, 2.24) is 4.57 Å². The molecule has 1 unspecified atom stereocenters. The summed E-state index contributed by atoms with van der Waals surface area (Å²) in [5.41, 5.74) is 1.87. The first-order chi connectivity index (χ1) is 11.6. The molecule has 0 aliphatic carbocycles. The first kappa shape index (κ1) is 16.3. The summed E-state index contributed by atoms with van der Waals surface area (Å²) in [4.78, 5) is 24.3. The van der Waals surface area contributed by atoms with E-state index in [4.69, 9.17) is 4.74 Å². The summed E-state index contributed by atoms with van der Waals surface area (Å²) in [6.45, 7) is 3.17. The molecule has 1 aliphatic rings. The summed E-state index contributed by atoms with van der Waals surface area (Å²) in [6.07, 6.45) is 2.36. The summed E-state index contributed by atoms with van der Waals surface area (Å²) in [5.74, 6) is -0.713. The number of carboxylic acid groups (broad SMARTS) is 1. The quantitative estimate of drug-likeness (QED) is 0.854. The fourth-order valence-electron chi connectivity index (χ4n) is 3.27. The first-order valence-corrected chi connectivity index (χ1v) is 8.31. The third-order valence-electron chi connectivity index (χ3n) is 4.45. The molecule has 24 heavy (non-hydrogen) atoms. The molecule has 0 saturated heterocycles. The molecule has 0 bridgehead atoms. The number of aromatic nitrogens is 1. The average Bonchev–Trinajstić information content (AvgIpc) is 2.86. The molecule has 0 radical (unpaired) electrons. The van der Waals surface area contributed by atoms with E-state index in [0.29, 0.717) is 30.8 Å². The van der Waals surface area contributed by atoms with Gasteiger partial charge < -0.3 is 14.4 Å². The molecule has 0 spiro atoms. The van der Waals surface area contributed by atoms with Gasteiger partial charge in [0.2, 0.25) is 5.78 Å². The zero-order valence-corrected chi connectivity index (χ0v) is 13.7. The van der Waals surface area contributed by atoms with Crippen molar-refractivity contribution in [2.75, 3.05) is 6.61 Å². The van der Waals surface area contributed by atoms with Gasteiger partial charge in [0, 0.05) is 17.8 Å². The molecule has 1 aromatic heterocycles. The Bertz CT molecular complexity index is 745. The molecule has 1 aliphatic heterocycles. The number of fused-ring (bicyclic) bond motifs is 1. The van der Waals surface area contributed by atoms with Gasteiger partial charge in [0.15, 0.2) is 0 Å². The number of benzene rings is 1. The number of aliphatic carboxylic acids is 1. The van der Waals surface area contributed by atoms with Gasteiger partial charge in [0.25, 0.3) is 0 Å². The van der Waals surface area contributed by atoms with E-state index >= 15 is 0 Å². The Morgan fingerprint density at radius 1 is 1.17 bits per heavy atom. The molecule has 5 nitrogen and oxygen atoms in total. The first-order valence-electron chi connectivity index (χ1n) is 8.31. The fourth-order valence-corrected chi connectivity index (χ4v) is 3.27. The second-order valence-corrected chi connectivity index (χ2v) is 5.97. The van der Waals surface area contributed by atoms with E-state index in [2.05, 4.69) is 0 Å². The lowest BCUT2D eigenvalue weighted by Gasteiger charge is -2.13. The van der Waals surface area contributed by atoms with E-state index in [-0.39, 0.29) is 5.78 Å². The Morgan fingerprint density at radius 3 is 2.58 bits per heavy atom. The number of rotatable bonds is 5. The molecule has 1 aromatic carbocycles. The maximum atomic E-state index is 12.8. The van der Waals surface area contributed by atoms with Crippen LogP contribution in [0.2, 0.25) is 0 Å². The highest BCUT2D eigenvalue weighted by atomic mass is 16.5.